The smallest absolute Gasteiger partial charge is 0.264 e. The average molecular weight is 697 g/mol. The minimum absolute atomic E-state index is 0.0172. The highest BCUT2D eigenvalue weighted by Crippen LogP contribution is 2.29. The van der Waals surface area contributed by atoms with Gasteiger partial charge in [-0.15, -0.1) is 0 Å². The topological polar surface area (TPSA) is 96.0 Å². The van der Waals surface area contributed by atoms with Crippen molar-refractivity contribution in [3.8, 4) is 5.75 Å². The van der Waals surface area contributed by atoms with Gasteiger partial charge in [-0.1, -0.05) is 91.1 Å². The summed E-state index contributed by atoms with van der Waals surface area (Å²) >= 11 is 13.2. The maximum atomic E-state index is 14.6. The Morgan fingerprint density at radius 2 is 1.45 bits per heavy atom. The molecule has 0 unspecified atom stereocenters. The molecular weight excluding hydrogens is 657 g/mol. The summed E-state index contributed by atoms with van der Waals surface area (Å²) in [6.45, 7) is 4.00. The lowest BCUT2D eigenvalue weighted by atomic mass is 10.0. The highest BCUT2D eigenvalue weighted by Gasteiger charge is 2.35. The molecule has 0 aliphatic rings. The molecule has 248 valence electrons. The molecule has 0 saturated carbocycles. The van der Waals surface area contributed by atoms with Gasteiger partial charge in [0.15, 0.2) is 0 Å². The molecule has 0 radical (unpaired) electrons. The second-order valence-electron chi connectivity index (χ2n) is 10.8. The largest absolute Gasteiger partial charge is 0.494 e. The van der Waals surface area contributed by atoms with Gasteiger partial charge in [-0.25, -0.2) is 8.42 Å². The van der Waals surface area contributed by atoms with Crippen molar-refractivity contribution in [3.63, 3.8) is 0 Å². The summed E-state index contributed by atoms with van der Waals surface area (Å²) in [5.41, 5.74) is 1.56. The van der Waals surface area contributed by atoms with E-state index in [1.165, 1.54) is 17.0 Å². The van der Waals surface area contributed by atoms with Gasteiger partial charge in [-0.3, -0.25) is 13.9 Å². The van der Waals surface area contributed by atoms with Crippen molar-refractivity contribution in [3.05, 3.63) is 124 Å². The number of amides is 2. The van der Waals surface area contributed by atoms with E-state index in [4.69, 9.17) is 27.9 Å². The number of hydrogen-bond donors (Lipinski definition) is 1. The lowest BCUT2D eigenvalue weighted by Gasteiger charge is -2.34. The molecule has 1 N–H and O–H groups in total. The highest BCUT2D eigenvalue weighted by atomic mass is 35.5. The van der Waals surface area contributed by atoms with E-state index in [0.717, 1.165) is 22.7 Å². The molecule has 8 nitrogen and oxygen atoms in total. The first kappa shape index (κ1) is 35.8. The van der Waals surface area contributed by atoms with Crippen LogP contribution in [0.2, 0.25) is 10.0 Å². The first-order valence-electron chi connectivity index (χ1n) is 15.5. The van der Waals surface area contributed by atoms with Crippen molar-refractivity contribution in [2.45, 2.75) is 50.6 Å². The van der Waals surface area contributed by atoms with E-state index in [0.29, 0.717) is 34.5 Å². The van der Waals surface area contributed by atoms with Crippen molar-refractivity contribution < 1.29 is 22.7 Å². The number of rotatable bonds is 16. The maximum Gasteiger partial charge on any atom is 0.264 e. The quantitative estimate of drug-likeness (QED) is 0.126. The summed E-state index contributed by atoms with van der Waals surface area (Å²) in [5.74, 6) is -0.445. The third-order valence-corrected chi connectivity index (χ3v) is 10.0. The molecule has 0 heterocycles. The van der Waals surface area contributed by atoms with Gasteiger partial charge in [0.05, 0.1) is 17.2 Å². The summed E-state index contributed by atoms with van der Waals surface area (Å²) in [5, 5.41) is 3.61. The van der Waals surface area contributed by atoms with Gasteiger partial charge in [0, 0.05) is 35.1 Å². The zero-order chi connectivity index (χ0) is 33.8. The Morgan fingerprint density at radius 1 is 0.830 bits per heavy atom. The van der Waals surface area contributed by atoms with Crippen LogP contribution in [0.1, 0.15) is 37.8 Å². The van der Waals surface area contributed by atoms with E-state index < -0.39 is 28.5 Å². The van der Waals surface area contributed by atoms with Crippen LogP contribution in [0.25, 0.3) is 0 Å². The van der Waals surface area contributed by atoms with Crippen LogP contribution in [-0.2, 0) is 32.6 Å². The number of sulfonamides is 1. The molecule has 4 aromatic rings. The molecule has 0 bridgehead atoms. The third-order valence-electron chi connectivity index (χ3n) is 7.54. The zero-order valence-electron chi connectivity index (χ0n) is 26.4. The van der Waals surface area contributed by atoms with Gasteiger partial charge in [0.25, 0.3) is 10.0 Å². The van der Waals surface area contributed by atoms with Gasteiger partial charge in [-0.2, -0.15) is 0 Å². The molecule has 0 aliphatic carbocycles. The van der Waals surface area contributed by atoms with Gasteiger partial charge >= 0.3 is 0 Å². The van der Waals surface area contributed by atoms with Gasteiger partial charge < -0.3 is 15.0 Å². The highest BCUT2D eigenvalue weighted by molar-refractivity contribution is 7.92. The summed E-state index contributed by atoms with van der Waals surface area (Å²) in [6.07, 6.45) is 1.82. The minimum Gasteiger partial charge on any atom is -0.494 e. The van der Waals surface area contributed by atoms with Crippen LogP contribution < -0.4 is 14.4 Å². The second-order valence-corrected chi connectivity index (χ2v) is 13.5. The standard InChI is InChI=1S/C36H39Cl2N3O5S/c1-3-5-23-39-36(43)34(24-27-13-8-6-9-14-27)40(25-31-32(37)17-12-18-33(31)38)35(42)26-41(28-15-10-7-11-16-28)47(44,45)30-21-19-29(20-22-30)46-4-2/h6-22,34H,3-5,23-26H2,1-2H3,(H,39,43)/t34-/m0/s1. The first-order valence-corrected chi connectivity index (χ1v) is 17.7. The second kappa shape index (κ2) is 17.2. The normalized spacial score (nSPS) is 11.8. The number of para-hydroxylation sites is 1. The van der Waals surface area contributed by atoms with Crippen molar-refractivity contribution >= 4 is 50.7 Å². The number of carbonyl (C=O) groups is 2. The fourth-order valence-corrected chi connectivity index (χ4v) is 6.97. The Labute approximate surface area is 287 Å². The van der Waals surface area contributed by atoms with Crippen LogP contribution in [0.5, 0.6) is 5.75 Å². The summed E-state index contributed by atoms with van der Waals surface area (Å²) < 4.78 is 34.9. The third kappa shape index (κ3) is 9.50. The predicted octanol–water partition coefficient (Wildman–Crippen LogP) is 7.14. The monoisotopic (exact) mass is 695 g/mol. The van der Waals surface area contributed by atoms with E-state index in [2.05, 4.69) is 5.32 Å². The fraction of sp³-hybridized carbons (Fsp3) is 0.278. The van der Waals surface area contributed by atoms with Crippen LogP contribution in [0.4, 0.5) is 5.69 Å². The van der Waals surface area contributed by atoms with E-state index in [-0.39, 0.29) is 29.5 Å². The lowest BCUT2D eigenvalue weighted by Crippen LogP contribution is -2.53. The maximum absolute atomic E-state index is 14.6. The van der Waals surface area contributed by atoms with Crippen molar-refractivity contribution in [2.24, 2.45) is 0 Å². The SMILES string of the molecule is CCCCNC(=O)[C@H](Cc1ccccc1)N(Cc1c(Cl)cccc1Cl)C(=O)CN(c1ccccc1)S(=O)(=O)c1ccc(OCC)cc1. The summed E-state index contributed by atoms with van der Waals surface area (Å²) in [7, 11) is -4.25. The van der Waals surface area contributed by atoms with E-state index in [9.17, 15) is 18.0 Å². The number of halogens is 2. The average Bonchev–Trinajstić information content (AvgIpc) is 3.07. The van der Waals surface area contributed by atoms with Crippen molar-refractivity contribution in [2.75, 3.05) is 24.0 Å². The van der Waals surface area contributed by atoms with Gasteiger partial charge in [0.1, 0.15) is 18.3 Å². The van der Waals surface area contributed by atoms with Crippen LogP contribution in [-0.4, -0.2) is 50.9 Å². The molecule has 2 amide bonds. The number of carbonyl (C=O) groups excluding carboxylic acids is 2. The Morgan fingerprint density at radius 3 is 2.04 bits per heavy atom. The molecule has 0 saturated heterocycles. The molecule has 4 aromatic carbocycles. The molecule has 0 spiro atoms. The van der Waals surface area contributed by atoms with E-state index >= 15 is 0 Å². The van der Waals surface area contributed by atoms with Gasteiger partial charge in [0.2, 0.25) is 11.8 Å². The predicted molar refractivity (Wildman–Crippen MR) is 187 cm³/mol. The number of ether oxygens (including phenoxy) is 1. The van der Waals surface area contributed by atoms with Crippen LogP contribution in [0.15, 0.2) is 108 Å². The number of nitrogens with zero attached hydrogens (tertiary/aromatic N) is 2. The molecule has 0 aromatic heterocycles. The number of benzene rings is 4. The number of hydrogen-bond acceptors (Lipinski definition) is 5. The Balaban J connectivity index is 1.79. The lowest BCUT2D eigenvalue weighted by molar-refractivity contribution is -0.140. The minimum atomic E-state index is -4.25. The Bertz CT molecular complexity index is 1700. The van der Waals surface area contributed by atoms with Crippen molar-refractivity contribution in [1.29, 1.82) is 0 Å². The van der Waals surface area contributed by atoms with E-state index in [1.807, 2.05) is 44.2 Å². The molecule has 0 aliphatic heterocycles. The first-order chi connectivity index (χ1) is 22.6. The molecule has 11 heteroatoms. The number of anilines is 1. The Kier molecular flexibility index (Phi) is 13.1. The van der Waals surface area contributed by atoms with Crippen LogP contribution >= 0.6 is 23.2 Å². The van der Waals surface area contributed by atoms with Crippen LogP contribution in [0, 0.1) is 0 Å². The van der Waals surface area contributed by atoms with Crippen molar-refractivity contribution in [1.82, 2.24) is 10.2 Å². The fourth-order valence-electron chi connectivity index (χ4n) is 5.04. The summed E-state index contributed by atoms with van der Waals surface area (Å²) in [4.78, 5) is 29.8. The van der Waals surface area contributed by atoms with Crippen LogP contribution in [0.3, 0.4) is 0 Å². The molecular formula is C36H39Cl2N3O5S. The molecule has 0 fully saturated rings. The molecule has 1 atom stereocenters. The van der Waals surface area contributed by atoms with E-state index in [1.54, 1.807) is 60.7 Å². The molecule has 4 rings (SSSR count). The number of nitrogens with one attached hydrogen (secondary N) is 1. The number of unbranched alkanes of at least 4 members (excludes halogenated alkanes) is 1. The zero-order valence-corrected chi connectivity index (χ0v) is 28.8. The molecule has 47 heavy (non-hydrogen) atoms. The summed E-state index contributed by atoms with van der Waals surface area (Å²) in [6, 6.07) is 27.8. The Hall–Kier alpha value is -4.05. The van der Waals surface area contributed by atoms with Gasteiger partial charge in [-0.05, 0) is 67.4 Å².